The average Bonchev–Trinajstić information content (AvgIpc) is 2.18. The number of nitrogens with one attached hydrogen (secondary N) is 1. The molecular weight excluding hydrogens is 186 g/mol. The van der Waals surface area contributed by atoms with Crippen LogP contribution in [0.4, 0.5) is 0 Å². The Morgan fingerprint density at radius 1 is 1.47 bits per heavy atom. The van der Waals surface area contributed by atoms with Gasteiger partial charge < -0.3 is 10.4 Å². The first-order valence-electron chi connectivity index (χ1n) is 5.12. The van der Waals surface area contributed by atoms with Crippen LogP contribution in [0.3, 0.4) is 0 Å². The molecule has 0 spiro atoms. The molecule has 0 fully saturated rings. The van der Waals surface area contributed by atoms with E-state index in [1.54, 1.807) is 12.1 Å². The summed E-state index contributed by atoms with van der Waals surface area (Å²) in [4.78, 5) is 0. The number of terminal acetylenes is 1. The maximum atomic E-state index is 9.34. The van der Waals surface area contributed by atoms with Crippen LogP contribution in [0.15, 0.2) is 24.3 Å². The third-order valence-electron chi connectivity index (χ3n) is 2.33. The van der Waals surface area contributed by atoms with Gasteiger partial charge in [-0.05, 0) is 31.5 Å². The first-order chi connectivity index (χ1) is 7.13. The molecule has 0 bridgehead atoms. The summed E-state index contributed by atoms with van der Waals surface area (Å²) in [6.07, 6.45) is 5.95. The van der Waals surface area contributed by atoms with Crippen LogP contribution >= 0.6 is 0 Å². The first-order valence-corrected chi connectivity index (χ1v) is 5.12. The normalized spacial score (nSPS) is 14.2. The molecule has 0 aliphatic rings. The fourth-order valence-corrected chi connectivity index (χ4v) is 1.55. The van der Waals surface area contributed by atoms with E-state index >= 15 is 0 Å². The quantitative estimate of drug-likeness (QED) is 0.737. The summed E-state index contributed by atoms with van der Waals surface area (Å²) < 4.78 is 0. The second kappa shape index (κ2) is 5.43. The largest absolute Gasteiger partial charge is 0.508 e. The van der Waals surface area contributed by atoms with Crippen LogP contribution in [0.1, 0.15) is 31.9 Å². The summed E-state index contributed by atoms with van der Waals surface area (Å²) in [5.74, 6) is 2.92. The van der Waals surface area contributed by atoms with Gasteiger partial charge in [-0.3, -0.25) is 0 Å². The molecule has 0 radical (unpaired) electrons. The number of rotatable bonds is 4. The third-order valence-corrected chi connectivity index (χ3v) is 2.33. The zero-order valence-electron chi connectivity index (χ0n) is 9.20. The summed E-state index contributed by atoms with van der Waals surface area (Å²) in [7, 11) is 0. The second-order valence-corrected chi connectivity index (χ2v) is 3.79. The van der Waals surface area contributed by atoms with Crippen LogP contribution in [-0.2, 0) is 0 Å². The molecule has 1 rings (SSSR count). The SMILES string of the molecule is C#CCC(C)NC(C)c1cccc(O)c1. The standard InChI is InChI=1S/C13H17NO/c1-4-6-10(2)14-11(3)12-7-5-8-13(15)9-12/h1,5,7-11,14-15H,6H2,2-3H3. The number of hydrogen-bond acceptors (Lipinski definition) is 2. The Morgan fingerprint density at radius 3 is 2.80 bits per heavy atom. The molecule has 1 aromatic carbocycles. The van der Waals surface area contributed by atoms with Crippen molar-refractivity contribution < 1.29 is 5.11 Å². The molecule has 80 valence electrons. The van der Waals surface area contributed by atoms with Crippen molar-refractivity contribution in [2.24, 2.45) is 0 Å². The van der Waals surface area contributed by atoms with Gasteiger partial charge in [-0.25, -0.2) is 0 Å². The van der Waals surface area contributed by atoms with E-state index in [1.165, 1.54) is 0 Å². The Bertz CT molecular complexity index is 354. The lowest BCUT2D eigenvalue weighted by atomic mass is 10.1. The van der Waals surface area contributed by atoms with Gasteiger partial charge in [-0.1, -0.05) is 12.1 Å². The van der Waals surface area contributed by atoms with Gasteiger partial charge in [-0.15, -0.1) is 12.3 Å². The maximum absolute atomic E-state index is 9.34. The van der Waals surface area contributed by atoms with Gasteiger partial charge in [0.05, 0.1) is 0 Å². The highest BCUT2D eigenvalue weighted by molar-refractivity contribution is 5.29. The summed E-state index contributed by atoms with van der Waals surface area (Å²) in [6.45, 7) is 4.11. The van der Waals surface area contributed by atoms with Crippen LogP contribution in [0, 0.1) is 12.3 Å². The lowest BCUT2D eigenvalue weighted by Gasteiger charge is -2.18. The van der Waals surface area contributed by atoms with Gasteiger partial charge in [0, 0.05) is 18.5 Å². The fourth-order valence-electron chi connectivity index (χ4n) is 1.55. The van der Waals surface area contributed by atoms with Gasteiger partial charge >= 0.3 is 0 Å². The van der Waals surface area contributed by atoms with Crippen molar-refractivity contribution in [3.8, 4) is 18.1 Å². The molecule has 0 aromatic heterocycles. The number of benzene rings is 1. The molecule has 2 nitrogen and oxygen atoms in total. The molecule has 2 unspecified atom stereocenters. The molecule has 2 N–H and O–H groups in total. The Hall–Kier alpha value is -1.46. The molecule has 0 aliphatic heterocycles. The van der Waals surface area contributed by atoms with Crippen molar-refractivity contribution in [2.75, 3.05) is 0 Å². The Morgan fingerprint density at radius 2 is 2.20 bits per heavy atom. The molecule has 0 aliphatic carbocycles. The van der Waals surface area contributed by atoms with Crippen LogP contribution in [-0.4, -0.2) is 11.1 Å². The van der Waals surface area contributed by atoms with Crippen molar-refractivity contribution in [1.82, 2.24) is 5.32 Å². The van der Waals surface area contributed by atoms with Crippen molar-refractivity contribution in [1.29, 1.82) is 0 Å². The third kappa shape index (κ3) is 3.65. The van der Waals surface area contributed by atoms with Crippen LogP contribution in [0.25, 0.3) is 0 Å². The lowest BCUT2D eigenvalue weighted by Crippen LogP contribution is -2.28. The van der Waals surface area contributed by atoms with E-state index in [2.05, 4.69) is 25.1 Å². The van der Waals surface area contributed by atoms with Crippen LogP contribution < -0.4 is 5.32 Å². The minimum absolute atomic E-state index is 0.195. The van der Waals surface area contributed by atoms with Crippen molar-refractivity contribution in [2.45, 2.75) is 32.4 Å². The van der Waals surface area contributed by atoms with Crippen LogP contribution in [0.5, 0.6) is 5.75 Å². The van der Waals surface area contributed by atoms with E-state index < -0.39 is 0 Å². The molecule has 0 amide bonds. The van der Waals surface area contributed by atoms with Crippen molar-refractivity contribution in [3.63, 3.8) is 0 Å². The highest BCUT2D eigenvalue weighted by Crippen LogP contribution is 2.18. The van der Waals surface area contributed by atoms with E-state index in [9.17, 15) is 5.11 Å². The summed E-state index contributed by atoms with van der Waals surface area (Å²) in [5.41, 5.74) is 1.07. The minimum atomic E-state index is 0.195. The number of phenols is 1. The minimum Gasteiger partial charge on any atom is -0.508 e. The topological polar surface area (TPSA) is 32.3 Å². The molecular formula is C13H17NO. The predicted molar refractivity (Wildman–Crippen MR) is 62.6 cm³/mol. The maximum Gasteiger partial charge on any atom is 0.115 e. The van der Waals surface area contributed by atoms with Gasteiger partial charge in [0.1, 0.15) is 5.75 Å². The smallest absolute Gasteiger partial charge is 0.115 e. The number of phenolic OH excluding ortho intramolecular Hbond substituents is 1. The molecule has 0 saturated heterocycles. The number of hydrogen-bond donors (Lipinski definition) is 2. The highest BCUT2D eigenvalue weighted by Gasteiger charge is 2.08. The van der Waals surface area contributed by atoms with E-state index in [4.69, 9.17) is 6.42 Å². The Kier molecular flexibility index (Phi) is 4.20. The zero-order valence-corrected chi connectivity index (χ0v) is 9.20. The summed E-state index contributed by atoms with van der Waals surface area (Å²) >= 11 is 0. The number of aromatic hydroxyl groups is 1. The predicted octanol–water partition coefficient (Wildman–Crippen LogP) is 2.45. The van der Waals surface area contributed by atoms with E-state index in [0.29, 0.717) is 12.2 Å². The van der Waals surface area contributed by atoms with Gasteiger partial charge in [-0.2, -0.15) is 0 Å². The van der Waals surface area contributed by atoms with E-state index in [-0.39, 0.29) is 12.1 Å². The first kappa shape index (κ1) is 11.6. The monoisotopic (exact) mass is 203 g/mol. The van der Waals surface area contributed by atoms with Crippen molar-refractivity contribution >= 4 is 0 Å². The fraction of sp³-hybridized carbons (Fsp3) is 0.385. The lowest BCUT2D eigenvalue weighted by molar-refractivity contribution is 0.464. The molecule has 2 heteroatoms. The zero-order chi connectivity index (χ0) is 11.3. The summed E-state index contributed by atoms with van der Waals surface area (Å²) in [5, 5.41) is 12.7. The van der Waals surface area contributed by atoms with Gasteiger partial charge in [0.25, 0.3) is 0 Å². The highest BCUT2D eigenvalue weighted by atomic mass is 16.3. The Labute approximate surface area is 91.3 Å². The van der Waals surface area contributed by atoms with E-state index in [0.717, 1.165) is 5.56 Å². The van der Waals surface area contributed by atoms with Gasteiger partial charge in [0.15, 0.2) is 0 Å². The second-order valence-electron chi connectivity index (χ2n) is 3.79. The van der Waals surface area contributed by atoms with Crippen LogP contribution in [0.2, 0.25) is 0 Å². The Balaban J connectivity index is 2.61. The van der Waals surface area contributed by atoms with Crippen molar-refractivity contribution in [3.05, 3.63) is 29.8 Å². The molecule has 0 saturated carbocycles. The summed E-state index contributed by atoms with van der Waals surface area (Å²) in [6, 6.07) is 7.74. The van der Waals surface area contributed by atoms with Gasteiger partial charge in [0.2, 0.25) is 0 Å². The molecule has 0 heterocycles. The molecule has 15 heavy (non-hydrogen) atoms. The average molecular weight is 203 g/mol. The molecule has 2 atom stereocenters. The van der Waals surface area contributed by atoms with E-state index in [1.807, 2.05) is 12.1 Å². The molecule has 1 aromatic rings.